The molecule has 0 saturated heterocycles. The molecule has 4 aromatic rings. The van der Waals surface area contributed by atoms with Crippen LogP contribution in [0.2, 0.25) is 0 Å². The summed E-state index contributed by atoms with van der Waals surface area (Å²) >= 11 is 0. The molecule has 1 atom stereocenters. The van der Waals surface area contributed by atoms with Gasteiger partial charge in [0.2, 0.25) is 11.8 Å². The van der Waals surface area contributed by atoms with Gasteiger partial charge in [0.05, 0.1) is 17.7 Å². The molecule has 0 aliphatic rings. The largest absolute Gasteiger partial charge is 0.497 e. The van der Waals surface area contributed by atoms with Gasteiger partial charge in [-0.25, -0.2) is 8.42 Å². The van der Waals surface area contributed by atoms with Crippen molar-refractivity contribution in [3.8, 4) is 5.75 Å². The lowest BCUT2D eigenvalue weighted by molar-refractivity contribution is -0.140. The van der Waals surface area contributed by atoms with Crippen LogP contribution in [0.4, 0.5) is 5.69 Å². The number of unbranched alkanes of at least 4 members (excludes halogenated alkanes) is 1. The zero-order chi connectivity index (χ0) is 32.2. The second-order valence-corrected chi connectivity index (χ2v) is 12.7. The van der Waals surface area contributed by atoms with Crippen molar-refractivity contribution in [2.45, 2.75) is 50.6 Å². The summed E-state index contributed by atoms with van der Waals surface area (Å²) in [5, 5.41) is 3.01. The Kier molecular flexibility index (Phi) is 11.8. The Bertz CT molecular complexity index is 1650. The summed E-state index contributed by atoms with van der Waals surface area (Å²) in [4.78, 5) is 29.9. The lowest BCUT2D eigenvalue weighted by atomic mass is 10.0. The number of ether oxygens (including phenoxy) is 1. The standard InChI is InChI=1S/C36H41N3O5S/c1-4-5-23-37-36(41)34(24-29-13-8-6-9-14-29)38(26-30-21-19-28(2)20-22-30)35(40)27-39(31-15-12-16-32(25-31)44-3)45(42,43)33-17-10-7-11-18-33/h6-22,25,34H,4-5,23-24,26-27H2,1-3H3,(H,37,41). The van der Waals surface area contributed by atoms with Crippen LogP contribution >= 0.6 is 0 Å². The maximum atomic E-state index is 14.5. The summed E-state index contributed by atoms with van der Waals surface area (Å²) in [7, 11) is -2.68. The van der Waals surface area contributed by atoms with Gasteiger partial charge in [-0.1, -0.05) is 97.8 Å². The van der Waals surface area contributed by atoms with Gasteiger partial charge in [0.1, 0.15) is 18.3 Å². The van der Waals surface area contributed by atoms with Crippen LogP contribution in [0.15, 0.2) is 114 Å². The molecule has 0 aromatic heterocycles. The van der Waals surface area contributed by atoms with Crippen molar-refractivity contribution < 1.29 is 22.7 Å². The summed E-state index contributed by atoms with van der Waals surface area (Å²) in [6, 6.07) is 31.0. The number of rotatable bonds is 15. The molecule has 8 nitrogen and oxygen atoms in total. The lowest BCUT2D eigenvalue weighted by Crippen LogP contribution is -2.53. The van der Waals surface area contributed by atoms with Crippen LogP contribution in [-0.2, 0) is 32.6 Å². The third kappa shape index (κ3) is 8.95. The predicted octanol–water partition coefficient (Wildman–Crippen LogP) is 5.76. The van der Waals surface area contributed by atoms with E-state index in [4.69, 9.17) is 4.74 Å². The van der Waals surface area contributed by atoms with Crippen LogP contribution in [0.25, 0.3) is 0 Å². The molecule has 236 valence electrons. The number of nitrogens with one attached hydrogen (secondary N) is 1. The molecule has 0 saturated carbocycles. The first-order valence-corrected chi connectivity index (χ1v) is 16.6. The number of aryl methyl sites for hydroxylation is 1. The predicted molar refractivity (Wildman–Crippen MR) is 178 cm³/mol. The smallest absolute Gasteiger partial charge is 0.264 e. The van der Waals surface area contributed by atoms with Crippen LogP contribution in [0.5, 0.6) is 5.75 Å². The third-order valence-electron chi connectivity index (χ3n) is 7.53. The highest BCUT2D eigenvalue weighted by Gasteiger charge is 2.34. The molecule has 0 fully saturated rings. The first-order chi connectivity index (χ1) is 21.7. The summed E-state index contributed by atoms with van der Waals surface area (Å²) in [6.07, 6.45) is 1.97. The monoisotopic (exact) mass is 627 g/mol. The van der Waals surface area contributed by atoms with Gasteiger partial charge in [0.15, 0.2) is 0 Å². The van der Waals surface area contributed by atoms with E-state index >= 15 is 0 Å². The quantitative estimate of drug-likeness (QED) is 0.169. The fraction of sp³-hybridized carbons (Fsp3) is 0.278. The second kappa shape index (κ2) is 15.9. The molecule has 0 aliphatic carbocycles. The maximum Gasteiger partial charge on any atom is 0.264 e. The van der Waals surface area contributed by atoms with E-state index in [9.17, 15) is 18.0 Å². The minimum Gasteiger partial charge on any atom is -0.497 e. The Hall–Kier alpha value is -4.63. The van der Waals surface area contributed by atoms with Crippen molar-refractivity contribution in [3.63, 3.8) is 0 Å². The minimum atomic E-state index is -4.18. The van der Waals surface area contributed by atoms with Crippen LogP contribution in [0, 0.1) is 6.92 Å². The lowest BCUT2D eigenvalue weighted by Gasteiger charge is -2.34. The molecule has 45 heavy (non-hydrogen) atoms. The number of benzene rings is 4. The van der Waals surface area contributed by atoms with E-state index in [0.29, 0.717) is 12.3 Å². The van der Waals surface area contributed by atoms with E-state index in [0.717, 1.165) is 33.8 Å². The topological polar surface area (TPSA) is 96.0 Å². The van der Waals surface area contributed by atoms with Gasteiger partial charge in [0, 0.05) is 25.6 Å². The second-order valence-electron chi connectivity index (χ2n) is 10.9. The molecular formula is C36H41N3O5S. The summed E-state index contributed by atoms with van der Waals surface area (Å²) in [6.45, 7) is 4.10. The Morgan fingerprint density at radius 2 is 1.51 bits per heavy atom. The fourth-order valence-electron chi connectivity index (χ4n) is 4.96. The highest BCUT2D eigenvalue weighted by molar-refractivity contribution is 7.92. The molecule has 1 N–H and O–H groups in total. The first-order valence-electron chi connectivity index (χ1n) is 15.1. The molecule has 4 aromatic carbocycles. The Morgan fingerprint density at radius 3 is 2.16 bits per heavy atom. The molecule has 4 rings (SSSR count). The highest BCUT2D eigenvalue weighted by Crippen LogP contribution is 2.28. The Balaban J connectivity index is 1.79. The number of methoxy groups -OCH3 is 1. The van der Waals surface area contributed by atoms with Crippen molar-refractivity contribution in [2.75, 3.05) is 24.5 Å². The van der Waals surface area contributed by atoms with Gasteiger partial charge < -0.3 is 15.0 Å². The van der Waals surface area contributed by atoms with E-state index < -0.39 is 28.5 Å². The van der Waals surface area contributed by atoms with Gasteiger partial charge in [-0.3, -0.25) is 13.9 Å². The number of carbonyl (C=O) groups excluding carboxylic acids is 2. The van der Waals surface area contributed by atoms with E-state index in [1.54, 1.807) is 42.5 Å². The molecule has 0 radical (unpaired) electrons. The van der Waals surface area contributed by atoms with Crippen molar-refractivity contribution in [1.29, 1.82) is 0 Å². The molecule has 0 spiro atoms. The van der Waals surface area contributed by atoms with Crippen LogP contribution < -0.4 is 14.4 Å². The Labute approximate surface area is 266 Å². The van der Waals surface area contributed by atoms with Crippen molar-refractivity contribution >= 4 is 27.5 Å². The van der Waals surface area contributed by atoms with Crippen LogP contribution in [-0.4, -0.2) is 51.4 Å². The number of hydrogen-bond donors (Lipinski definition) is 1. The number of amides is 2. The molecule has 9 heteroatoms. The van der Waals surface area contributed by atoms with Crippen molar-refractivity contribution in [1.82, 2.24) is 10.2 Å². The number of sulfonamides is 1. The fourth-order valence-corrected chi connectivity index (χ4v) is 6.39. The average Bonchev–Trinajstić information content (AvgIpc) is 3.06. The van der Waals surface area contributed by atoms with Crippen LogP contribution in [0.3, 0.4) is 0 Å². The normalized spacial score (nSPS) is 11.8. The SMILES string of the molecule is CCCCNC(=O)C(Cc1ccccc1)N(Cc1ccc(C)cc1)C(=O)CN(c1cccc(OC)c1)S(=O)(=O)c1ccccc1. The minimum absolute atomic E-state index is 0.0452. The molecular weight excluding hydrogens is 586 g/mol. The molecule has 0 aliphatic heterocycles. The van der Waals surface area contributed by atoms with Gasteiger partial charge in [0.25, 0.3) is 10.0 Å². The maximum absolute atomic E-state index is 14.5. The van der Waals surface area contributed by atoms with Gasteiger partial charge in [-0.15, -0.1) is 0 Å². The van der Waals surface area contributed by atoms with Gasteiger partial charge in [-0.2, -0.15) is 0 Å². The zero-order valence-electron chi connectivity index (χ0n) is 26.1. The number of carbonyl (C=O) groups is 2. The summed E-state index contributed by atoms with van der Waals surface area (Å²) < 4.78 is 34.6. The average molecular weight is 628 g/mol. The van der Waals surface area contributed by atoms with Crippen molar-refractivity contribution in [3.05, 3.63) is 126 Å². The van der Waals surface area contributed by atoms with Crippen LogP contribution in [0.1, 0.15) is 36.5 Å². The molecule has 0 heterocycles. The molecule has 0 bridgehead atoms. The Morgan fingerprint density at radius 1 is 0.844 bits per heavy atom. The molecule has 2 amide bonds. The van der Waals surface area contributed by atoms with E-state index in [1.165, 1.54) is 24.1 Å². The number of anilines is 1. The summed E-state index contributed by atoms with van der Waals surface area (Å²) in [5.41, 5.74) is 3.05. The number of nitrogens with zero attached hydrogens (tertiary/aromatic N) is 2. The van der Waals surface area contributed by atoms with Crippen molar-refractivity contribution in [2.24, 2.45) is 0 Å². The van der Waals surface area contributed by atoms with Gasteiger partial charge >= 0.3 is 0 Å². The van der Waals surface area contributed by atoms with Gasteiger partial charge in [-0.05, 0) is 48.7 Å². The third-order valence-corrected chi connectivity index (χ3v) is 9.31. The first kappa shape index (κ1) is 33.3. The van der Waals surface area contributed by atoms with E-state index in [1.807, 2.05) is 68.4 Å². The summed E-state index contributed by atoms with van der Waals surface area (Å²) in [5.74, 6) is -0.349. The number of hydrogen-bond acceptors (Lipinski definition) is 5. The van der Waals surface area contributed by atoms with E-state index in [-0.39, 0.29) is 29.5 Å². The van der Waals surface area contributed by atoms with E-state index in [2.05, 4.69) is 5.32 Å². The highest BCUT2D eigenvalue weighted by atomic mass is 32.2. The molecule has 1 unspecified atom stereocenters. The zero-order valence-corrected chi connectivity index (χ0v) is 26.9.